The quantitative estimate of drug-likeness (QED) is 0.877. The van der Waals surface area contributed by atoms with E-state index in [0.717, 1.165) is 30.5 Å². The van der Waals surface area contributed by atoms with Crippen molar-refractivity contribution in [3.8, 4) is 0 Å². The molecule has 0 spiro atoms. The van der Waals surface area contributed by atoms with Crippen LogP contribution >= 0.6 is 0 Å². The van der Waals surface area contributed by atoms with Crippen LogP contribution in [-0.2, 0) is 13.5 Å². The number of amides is 1. The predicted octanol–water partition coefficient (Wildman–Crippen LogP) is 3.34. The van der Waals surface area contributed by atoms with Gasteiger partial charge in [-0.05, 0) is 48.8 Å². The van der Waals surface area contributed by atoms with Crippen LogP contribution < -0.4 is 0 Å². The van der Waals surface area contributed by atoms with Gasteiger partial charge in [-0.25, -0.2) is 4.79 Å². The SMILES string of the molecule is CC(C)c1cc(C(=O)N2CCC(Cc3ccccc3C(=O)O)CC2)nn1C. The molecule has 2 heterocycles. The number of aromatic carboxylic acids is 1. The molecule has 1 amide bonds. The Morgan fingerprint density at radius 3 is 2.48 bits per heavy atom. The number of carbonyl (C=O) groups is 2. The molecule has 144 valence electrons. The number of aryl methyl sites for hydroxylation is 1. The molecular formula is C21H27N3O3. The second kappa shape index (κ2) is 7.94. The van der Waals surface area contributed by atoms with Gasteiger partial charge >= 0.3 is 5.97 Å². The van der Waals surface area contributed by atoms with E-state index < -0.39 is 5.97 Å². The first-order valence-electron chi connectivity index (χ1n) is 9.51. The van der Waals surface area contributed by atoms with E-state index in [4.69, 9.17) is 0 Å². The maximum Gasteiger partial charge on any atom is 0.335 e. The molecule has 0 atom stereocenters. The van der Waals surface area contributed by atoms with Gasteiger partial charge in [0.25, 0.3) is 5.91 Å². The van der Waals surface area contributed by atoms with E-state index in [0.29, 0.717) is 36.2 Å². The topological polar surface area (TPSA) is 75.4 Å². The lowest BCUT2D eigenvalue weighted by molar-refractivity contribution is 0.0683. The zero-order valence-electron chi connectivity index (χ0n) is 16.2. The highest BCUT2D eigenvalue weighted by atomic mass is 16.4. The predicted molar refractivity (Wildman–Crippen MR) is 103 cm³/mol. The Hall–Kier alpha value is -2.63. The smallest absolute Gasteiger partial charge is 0.335 e. The average molecular weight is 369 g/mol. The molecule has 1 fully saturated rings. The normalized spacial score (nSPS) is 15.3. The van der Waals surface area contributed by atoms with Crippen LogP contribution in [0.5, 0.6) is 0 Å². The van der Waals surface area contributed by atoms with Gasteiger partial charge in [-0.2, -0.15) is 5.10 Å². The highest BCUT2D eigenvalue weighted by Gasteiger charge is 2.26. The Morgan fingerprint density at radius 2 is 1.89 bits per heavy atom. The Morgan fingerprint density at radius 1 is 1.22 bits per heavy atom. The number of aromatic nitrogens is 2. The molecule has 1 aromatic heterocycles. The van der Waals surface area contributed by atoms with Crippen molar-refractivity contribution in [1.29, 1.82) is 0 Å². The molecule has 0 unspecified atom stereocenters. The number of likely N-dealkylation sites (tertiary alicyclic amines) is 1. The van der Waals surface area contributed by atoms with Crippen molar-refractivity contribution in [3.63, 3.8) is 0 Å². The van der Waals surface area contributed by atoms with E-state index in [1.165, 1.54) is 0 Å². The highest BCUT2D eigenvalue weighted by Crippen LogP contribution is 2.25. The van der Waals surface area contributed by atoms with Gasteiger partial charge in [-0.15, -0.1) is 0 Å². The fourth-order valence-electron chi connectivity index (χ4n) is 3.85. The standard InChI is InChI=1S/C21H27N3O3/c1-14(2)19-13-18(22-23(19)3)20(25)24-10-8-15(9-11-24)12-16-6-4-5-7-17(16)21(26)27/h4-7,13-15H,8-12H2,1-3H3,(H,26,27). The number of piperidine rings is 1. The molecule has 0 saturated carbocycles. The van der Waals surface area contributed by atoms with Crippen molar-refractivity contribution in [2.45, 2.75) is 39.0 Å². The summed E-state index contributed by atoms with van der Waals surface area (Å²) in [5, 5.41) is 13.7. The van der Waals surface area contributed by atoms with Gasteiger partial charge in [-0.1, -0.05) is 32.0 Å². The van der Waals surface area contributed by atoms with E-state index in [2.05, 4.69) is 18.9 Å². The molecule has 1 aliphatic rings. The third kappa shape index (κ3) is 4.21. The van der Waals surface area contributed by atoms with Gasteiger partial charge in [-0.3, -0.25) is 9.48 Å². The van der Waals surface area contributed by atoms with Crippen molar-refractivity contribution < 1.29 is 14.7 Å². The van der Waals surface area contributed by atoms with Gasteiger partial charge in [0.15, 0.2) is 5.69 Å². The van der Waals surface area contributed by atoms with Crippen molar-refractivity contribution >= 4 is 11.9 Å². The molecule has 0 bridgehead atoms. The van der Waals surface area contributed by atoms with E-state index in [-0.39, 0.29) is 5.91 Å². The highest BCUT2D eigenvalue weighted by molar-refractivity contribution is 5.92. The molecule has 27 heavy (non-hydrogen) atoms. The molecule has 0 aliphatic carbocycles. The minimum absolute atomic E-state index is 0.0121. The molecule has 6 heteroatoms. The first-order valence-corrected chi connectivity index (χ1v) is 9.51. The first kappa shape index (κ1) is 19.1. The summed E-state index contributed by atoms with van der Waals surface area (Å²) in [7, 11) is 1.87. The lowest BCUT2D eigenvalue weighted by Crippen LogP contribution is -2.39. The molecular weight excluding hydrogens is 342 g/mol. The summed E-state index contributed by atoms with van der Waals surface area (Å²) >= 11 is 0. The van der Waals surface area contributed by atoms with Crippen molar-refractivity contribution in [2.24, 2.45) is 13.0 Å². The van der Waals surface area contributed by atoms with Gasteiger partial charge in [0.2, 0.25) is 0 Å². The number of hydrogen-bond acceptors (Lipinski definition) is 3. The van der Waals surface area contributed by atoms with E-state index in [1.54, 1.807) is 16.8 Å². The summed E-state index contributed by atoms with van der Waals surface area (Å²) in [6.45, 7) is 5.55. The van der Waals surface area contributed by atoms with Crippen molar-refractivity contribution in [1.82, 2.24) is 14.7 Å². The molecule has 1 aromatic carbocycles. The van der Waals surface area contributed by atoms with E-state index in [1.807, 2.05) is 30.1 Å². The summed E-state index contributed by atoms with van der Waals surface area (Å²) in [6, 6.07) is 9.08. The van der Waals surface area contributed by atoms with Gasteiger partial charge < -0.3 is 10.0 Å². The zero-order chi connectivity index (χ0) is 19.6. The van der Waals surface area contributed by atoms with Gasteiger partial charge in [0, 0.05) is 25.8 Å². The van der Waals surface area contributed by atoms with Gasteiger partial charge in [0.05, 0.1) is 5.56 Å². The summed E-state index contributed by atoms with van der Waals surface area (Å²) in [5.41, 5.74) is 2.82. The lowest BCUT2D eigenvalue weighted by Gasteiger charge is -2.31. The molecule has 3 rings (SSSR count). The molecule has 1 N–H and O–H groups in total. The van der Waals surface area contributed by atoms with E-state index in [9.17, 15) is 14.7 Å². The van der Waals surface area contributed by atoms with Crippen LogP contribution in [-0.4, -0.2) is 44.8 Å². The maximum atomic E-state index is 12.8. The fourth-order valence-corrected chi connectivity index (χ4v) is 3.85. The number of carbonyl (C=O) groups excluding carboxylic acids is 1. The maximum absolute atomic E-state index is 12.8. The Balaban J connectivity index is 1.61. The van der Waals surface area contributed by atoms with Crippen LogP contribution in [0.4, 0.5) is 0 Å². The Kier molecular flexibility index (Phi) is 5.63. The Labute approximate surface area is 159 Å². The molecule has 6 nitrogen and oxygen atoms in total. The number of nitrogens with zero attached hydrogens (tertiary/aromatic N) is 3. The molecule has 2 aromatic rings. The number of carboxylic acid groups (broad SMARTS) is 1. The van der Waals surface area contributed by atoms with Gasteiger partial charge in [0.1, 0.15) is 0 Å². The van der Waals surface area contributed by atoms with Crippen LogP contribution in [0.25, 0.3) is 0 Å². The number of carboxylic acids is 1. The third-order valence-corrected chi connectivity index (χ3v) is 5.38. The lowest BCUT2D eigenvalue weighted by atomic mass is 9.88. The second-order valence-electron chi connectivity index (χ2n) is 7.63. The Bertz CT molecular complexity index is 833. The largest absolute Gasteiger partial charge is 0.478 e. The van der Waals surface area contributed by atoms with Crippen LogP contribution in [0.1, 0.15) is 64.7 Å². The van der Waals surface area contributed by atoms with Crippen LogP contribution in [0, 0.1) is 5.92 Å². The number of hydrogen-bond donors (Lipinski definition) is 1. The van der Waals surface area contributed by atoms with Crippen molar-refractivity contribution in [2.75, 3.05) is 13.1 Å². The minimum Gasteiger partial charge on any atom is -0.478 e. The fraction of sp³-hybridized carbons (Fsp3) is 0.476. The van der Waals surface area contributed by atoms with Crippen LogP contribution in [0.3, 0.4) is 0 Å². The summed E-state index contributed by atoms with van der Waals surface area (Å²) < 4.78 is 1.79. The summed E-state index contributed by atoms with van der Waals surface area (Å²) in [5.74, 6) is -0.176. The zero-order valence-corrected chi connectivity index (χ0v) is 16.2. The van der Waals surface area contributed by atoms with Crippen LogP contribution in [0.15, 0.2) is 30.3 Å². The van der Waals surface area contributed by atoms with Crippen LogP contribution in [0.2, 0.25) is 0 Å². The minimum atomic E-state index is -0.880. The summed E-state index contributed by atoms with van der Waals surface area (Å²) in [4.78, 5) is 26.0. The van der Waals surface area contributed by atoms with E-state index >= 15 is 0 Å². The molecule has 1 aliphatic heterocycles. The molecule has 0 radical (unpaired) electrons. The second-order valence-corrected chi connectivity index (χ2v) is 7.63. The number of rotatable bonds is 5. The first-order chi connectivity index (χ1) is 12.9. The number of benzene rings is 1. The average Bonchev–Trinajstić information content (AvgIpc) is 3.04. The third-order valence-electron chi connectivity index (χ3n) is 5.38. The summed E-state index contributed by atoms with van der Waals surface area (Å²) in [6.07, 6.45) is 2.50. The monoisotopic (exact) mass is 369 g/mol. The molecule has 1 saturated heterocycles. The van der Waals surface area contributed by atoms with Crippen molar-refractivity contribution in [3.05, 3.63) is 52.8 Å².